The zero-order valence-electron chi connectivity index (χ0n) is 9.68. The van der Waals surface area contributed by atoms with Crippen molar-refractivity contribution in [2.24, 2.45) is 0 Å². The van der Waals surface area contributed by atoms with Crippen LogP contribution >= 0.6 is 0 Å². The molecule has 3 heteroatoms. The van der Waals surface area contributed by atoms with Gasteiger partial charge >= 0.3 is 0 Å². The first-order valence-corrected chi connectivity index (χ1v) is 5.13. The molecule has 0 amide bonds. The average molecular weight is 238 g/mol. The van der Waals surface area contributed by atoms with Gasteiger partial charge in [-0.2, -0.15) is 0 Å². The Morgan fingerprint density at radius 2 is 1.29 bits per heavy atom. The molecule has 2 aromatic rings. The predicted molar refractivity (Wildman–Crippen MR) is 62.2 cm³/mol. The maximum absolute atomic E-state index is 12.3. The second-order valence-electron chi connectivity index (χ2n) is 3.65. The Balaban J connectivity index is 0.000000171. The van der Waals surface area contributed by atoms with E-state index in [1.165, 1.54) is 37.3 Å². The normalized spacial score (nSPS) is 9.47. The average Bonchev–Trinajstić information content (AvgIpc) is 2.26. The van der Waals surface area contributed by atoms with E-state index in [-0.39, 0.29) is 11.4 Å². The fourth-order valence-corrected chi connectivity index (χ4v) is 1.19. The van der Waals surface area contributed by atoms with Gasteiger partial charge in [0.05, 0.1) is 0 Å². The number of benzene rings is 2. The van der Waals surface area contributed by atoms with E-state index in [0.29, 0.717) is 0 Å². The maximum Gasteiger partial charge on any atom is 0.129 e. The molecule has 0 aliphatic rings. The predicted octanol–water partition coefficient (Wildman–Crippen LogP) is 4.41. The van der Waals surface area contributed by atoms with Crippen LogP contribution in [-0.4, -0.2) is 0 Å². The standard InChI is InChI=1S/C7H6F2.C7H7F/c1-5-6(8)3-2-4-7(5)9;1-6-3-2-4-7(8)5-6/h2-4H,1H3;2-5H,1H3. The van der Waals surface area contributed by atoms with E-state index < -0.39 is 11.6 Å². The minimum Gasteiger partial charge on any atom is -0.207 e. The number of halogens is 3. The van der Waals surface area contributed by atoms with Crippen molar-refractivity contribution in [3.63, 3.8) is 0 Å². The summed E-state index contributed by atoms with van der Waals surface area (Å²) in [5.41, 5.74) is 1.04. The summed E-state index contributed by atoms with van der Waals surface area (Å²) in [6.45, 7) is 3.27. The van der Waals surface area contributed by atoms with Crippen LogP contribution in [0.4, 0.5) is 13.2 Å². The lowest BCUT2D eigenvalue weighted by Gasteiger charge is -1.94. The Bertz CT molecular complexity index is 455. The van der Waals surface area contributed by atoms with Crippen LogP contribution in [0.3, 0.4) is 0 Å². The summed E-state index contributed by atoms with van der Waals surface area (Å²) in [5, 5.41) is 0. The minimum atomic E-state index is -0.491. The van der Waals surface area contributed by atoms with Crippen molar-refractivity contribution in [3.8, 4) is 0 Å². The van der Waals surface area contributed by atoms with Gasteiger partial charge in [0.2, 0.25) is 0 Å². The quantitative estimate of drug-likeness (QED) is 0.637. The van der Waals surface area contributed by atoms with E-state index in [2.05, 4.69) is 0 Å². The third kappa shape index (κ3) is 4.31. The van der Waals surface area contributed by atoms with E-state index in [1.807, 2.05) is 13.0 Å². The Kier molecular flexibility index (Phi) is 4.76. The lowest BCUT2D eigenvalue weighted by atomic mass is 10.2. The maximum atomic E-state index is 12.3. The van der Waals surface area contributed by atoms with Crippen LogP contribution in [-0.2, 0) is 0 Å². The topological polar surface area (TPSA) is 0 Å². The summed E-state index contributed by atoms with van der Waals surface area (Å²) in [6, 6.07) is 10.3. The van der Waals surface area contributed by atoms with E-state index in [9.17, 15) is 13.2 Å². The highest BCUT2D eigenvalue weighted by Gasteiger charge is 1.99. The highest BCUT2D eigenvalue weighted by atomic mass is 19.1. The second-order valence-corrected chi connectivity index (χ2v) is 3.65. The van der Waals surface area contributed by atoms with Crippen molar-refractivity contribution >= 4 is 0 Å². The second kappa shape index (κ2) is 6.09. The van der Waals surface area contributed by atoms with Crippen LogP contribution in [0.25, 0.3) is 0 Å². The molecule has 0 saturated heterocycles. The zero-order chi connectivity index (χ0) is 12.8. The highest BCUT2D eigenvalue weighted by molar-refractivity contribution is 5.17. The molecule has 0 aliphatic heterocycles. The number of aryl methyl sites for hydroxylation is 1. The Labute approximate surface area is 98.7 Å². The third-order valence-electron chi connectivity index (χ3n) is 2.18. The summed E-state index contributed by atoms with van der Waals surface area (Å²) in [4.78, 5) is 0. The molecule has 0 fully saturated rings. The fraction of sp³-hybridized carbons (Fsp3) is 0.143. The van der Waals surface area contributed by atoms with Crippen molar-refractivity contribution in [1.82, 2.24) is 0 Å². The zero-order valence-corrected chi connectivity index (χ0v) is 9.68. The Morgan fingerprint density at radius 1 is 0.765 bits per heavy atom. The molecule has 0 saturated carbocycles. The van der Waals surface area contributed by atoms with Crippen LogP contribution in [0.1, 0.15) is 11.1 Å². The van der Waals surface area contributed by atoms with Crippen molar-refractivity contribution in [2.75, 3.05) is 0 Å². The molecule has 0 atom stereocenters. The van der Waals surface area contributed by atoms with E-state index in [1.54, 1.807) is 6.07 Å². The summed E-state index contributed by atoms with van der Waals surface area (Å²) < 4.78 is 36.8. The molecular weight excluding hydrogens is 225 g/mol. The molecule has 0 nitrogen and oxygen atoms in total. The van der Waals surface area contributed by atoms with Crippen LogP contribution in [0.2, 0.25) is 0 Å². The van der Waals surface area contributed by atoms with Crippen LogP contribution in [0.5, 0.6) is 0 Å². The molecule has 0 unspecified atom stereocenters. The minimum absolute atomic E-state index is 0.0810. The van der Waals surface area contributed by atoms with Crippen molar-refractivity contribution < 1.29 is 13.2 Å². The molecule has 0 aliphatic carbocycles. The van der Waals surface area contributed by atoms with Gasteiger partial charge in [0.15, 0.2) is 0 Å². The molecule has 17 heavy (non-hydrogen) atoms. The number of hydrogen-bond donors (Lipinski definition) is 0. The van der Waals surface area contributed by atoms with Gasteiger partial charge in [-0.05, 0) is 43.7 Å². The molecule has 0 N–H and O–H groups in total. The molecule has 2 aromatic carbocycles. The molecule has 90 valence electrons. The van der Waals surface area contributed by atoms with Crippen LogP contribution in [0, 0.1) is 31.3 Å². The molecule has 0 radical (unpaired) electrons. The SMILES string of the molecule is Cc1c(F)cccc1F.Cc1cccc(F)c1. The molecule has 0 bridgehead atoms. The summed E-state index contributed by atoms with van der Waals surface area (Å²) in [6.07, 6.45) is 0. The Hall–Kier alpha value is -1.77. The molecule has 0 aromatic heterocycles. The lowest BCUT2D eigenvalue weighted by molar-refractivity contribution is 0.568. The summed E-state index contributed by atoms with van der Waals surface area (Å²) >= 11 is 0. The fourth-order valence-electron chi connectivity index (χ4n) is 1.19. The molecule has 2 rings (SSSR count). The van der Waals surface area contributed by atoms with E-state index in [4.69, 9.17) is 0 Å². The smallest absolute Gasteiger partial charge is 0.129 e. The van der Waals surface area contributed by atoms with Gasteiger partial charge in [-0.15, -0.1) is 0 Å². The molecule has 0 heterocycles. The first kappa shape index (κ1) is 13.3. The van der Waals surface area contributed by atoms with Crippen LogP contribution in [0.15, 0.2) is 42.5 Å². The van der Waals surface area contributed by atoms with Crippen LogP contribution < -0.4 is 0 Å². The van der Waals surface area contributed by atoms with Gasteiger partial charge in [0.25, 0.3) is 0 Å². The van der Waals surface area contributed by atoms with Crippen molar-refractivity contribution in [3.05, 3.63) is 71.0 Å². The summed E-state index contributed by atoms with van der Waals surface area (Å²) in [7, 11) is 0. The number of hydrogen-bond acceptors (Lipinski definition) is 0. The largest absolute Gasteiger partial charge is 0.207 e. The van der Waals surface area contributed by atoms with Crippen molar-refractivity contribution in [1.29, 1.82) is 0 Å². The monoisotopic (exact) mass is 238 g/mol. The first-order chi connectivity index (χ1) is 8.00. The molecule has 0 spiro atoms. The van der Waals surface area contributed by atoms with Gasteiger partial charge in [0, 0.05) is 5.56 Å². The lowest BCUT2D eigenvalue weighted by Crippen LogP contribution is -1.85. The van der Waals surface area contributed by atoms with Gasteiger partial charge < -0.3 is 0 Å². The van der Waals surface area contributed by atoms with Gasteiger partial charge in [0.1, 0.15) is 17.5 Å². The van der Waals surface area contributed by atoms with Gasteiger partial charge in [-0.3, -0.25) is 0 Å². The van der Waals surface area contributed by atoms with E-state index in [0.717, 1.165) is 5.56 Å². The van der Waals surface area contributed by atoms with Crippen molar-refractivity contribution in [2.45, 2.75) is 13.8 Å². The highest BCUT2D eigenvalue weighted by Crippen LogP contribution is 2.08. The number of rotatable bonds is 0. The third-order valence-corrected chi connectivity index (χ3v) is 2.18. The first-order valence-electron chi connectivity index (χ1n) is 5.13. The van der Waals surface area contributed by atoms with Gasteiger partial charge in [-0.1, -0.05) is 18.2 Å². The summed E-state index contributed by atoms with van der Waals surface area (Å²) in [5.74, 6) is -1.14. The van der Waals surface area contributed by atoms with Gasteiger partial charge in [-0.25, -0.2) is 13.2 Å². The van der Waals surface area contributed by atoms with E-state index >= 15 is 0 Å². The Morgan fingerprint density at radius 3 is 1.65 bits per heavy atom. The molecular formula is C14H13F3.